The number of allylic oxidation sites excluding steroid dienone is 1. The van der Waals surface area contributed by atoms with Crippen LogP contribution in [-0.4, -0.2) is 11.3 Å². The van der Waals surface area contributed by atoms with Gasteiger partial charge in [0, 0.05) is 11.4 Å². The Kier molecular flexibility index (Phi) is 2.30. The van der Waals surface area contributed by atoms with Gasteiger partial charge in [0.1, 0.15) is 6.29 Å². The van der Waals surface area contributed by atoms with Crippen LogP contribution in [0.4, 0.5) is 0 Å². The van der Waals surface area contributed by atoms with E-state index >= 15 is 0 Å². The maximum Gasteiger partial charge on any atom is 0.142 e. The number of hydrogen-bond acceptors (Lipinski definition) is 1. The highest BCUT2D eigenvalue weighted by molar-refractivity contribution is 5.73. The highest BCUT2D eigenvalue weighted by Crippen LogP contribution is 2.21. The molecule has 68 valence electrons. The number of aldehydes is 1. The van der Waals surface area contributed by atoms with E-state index in [0.717, 1.165) is 18.4 Å². The summed E-state index contributed by atoms with van der Waals surface area (Å²) in [4.78, 5) is 13.4. The van der Waals surface area contributed by atoms with Gasteiger partial charge in [0.2, 0.25) is 0 Å². The van der Waals surface area contributed by atoms with Gasteiger partial charge in [-0.2, -0.15) is 0 Å². The average Bonchev–Trinajstić information content (AvgIpc) is 2.57. The Morgan fingerprint density at radius 2 is 2.15 bits per heavy atom. The summed E-state index contributed by atoms with van der Waals surface area (Å²) >= 11 is 0. The van der Waals surface area contributed by atoms with Gasteiger partial charge in [-0.1, -0.05) is 0 Å². The molecule has 0 saturated heterocycles. The molecule has 0 bridgehead atoms. The molecule has 0 saturated carbocycles. The third-order valence-electron chi connectivity index (χ3n) is 2.49. The predicted molar refractivity (Wildman–Crippen MR) is 52.5 cm³/mol. The lowest BCUT2D eigenvalue weighted by Crippen LogP contribution is -1.99. The first-order valence-corrected chi connectivity index (χ1v) is 4.73. The topological polar surface area (TPSA) is 32.9 Å². The molecule has 2 heteroatoms. The third-order valence-corrected chi connectivity index (χ3v) is 2.49. The quantitative estimate of drug-likeness (QED) is 0.542. The number of aromatic nitrogens is 1. The molecular formula is C11H13NO. The Labute approximate surface area is 77.7 Å². The van der Waals surface area contributed by atoms with E-state index in [4.69, 9.17) is 0 Å². The smallest absolute Gasteiger partial charge is 0.142 e. The Balaban J connectivity index is 2.24. The fraction of sp³-hybridized carbons (Fsp3) is 0.364. The minimum atomic E-state index is 0.805. The lowest BCUT2D eigenvalue weighted by molar-refractivity contribution is -0.104. The van der Waals surface area contributed by atoms with Crippen molar-refractivity contribution in [3.05, 3.63) is 29.1 Å². The van der Waals surface area contributed by atoms with Gasteiger partial charge < -0.3 is 4.98 Å². The molecule has 2 rings (SSSR count). The Hall–Kier alpha value is -1.31. The predicted octanol–water partition coefficient (Wildman–Crippen LogP) is 2.11. The lowest BCUT2D eigenvalue weighted by Gasteiger charge is -2.08. The number of aromatic amines is 1. The zero-order valence-corrected chi connectivity index (χ0v) is 7.55. The number of rotatable bonds is 2. The summed E-state index contributed by atoms with van der Waals surface area (Å²) in [6.07, 6.45) is 9.07. The van der Waals surface area contributed by atoms with Crippen LogP contribution in [0.1, 0.15) is 29.8 Å². The summed E-state index contributed by atoms with van der Waals surface area (Å²) in [5.41, 5.74) is 3.84. The molecule has 0 aromatic carbocycles. The number of hydrogen-bond donors (Lipinski definition) is 1. The van der Waals surface area contributed by atoms with Crippen LogP contribution < -0.4 is 0 Å². The number of aryl methyl sites for hydroxylation is 2. The Morgan fingerprint density at radius 3 is 2.92 bits per heavy atom. The second-order valence-electron chi connectivity index (χ2n) is 3.43. The van der Waals surface area contributed by atoms with Gasteiger partial charge in [0.15, 0.2) is 0 Å². The van der Waals surface area contributed by atoms with Crippen LogP contribution >= 0.6 is 0 Å². The van der Waals surface area contributed by atoms with Crippen molar-refractivity contribution in [2.45, 2.75) is 25.7 Å². The van der Waals surface area contributed by atoms with Crippen molar-refractivity contribution in [2.75, 3.05) is 0 Å². The SMILES string of the molecule is O=C/C=C/c1cc2c([nH]1)CCCC2. The van der Waals surface area contributed by atoms with Crippen LogP contribution in [0, 0.1) is 0 Å². The largest absolute Gasteiger partial charge is 0.359 e. The molecule has 1 aromatic rings. The van der Waals surface area contributed by atoms with Crippen LogP contribution in [0.2, 0.25) is 0 Å². The first-order chi connectivity index (χ1) is 6.40. The molecule has 1 N–H and O–H groups in total. The maximum absolute atomic E-state index is 10.1. The Morgan fingerprint density at radius 1 is 1.31 bits per heavy atom. The molecule has 1 aliphatic carbocycles. The van der Waals surface area contributed by atoms with Crippen molar-refractivity contribution in [3.63, 3.8) is 0 Å². The van der Waals surface area contributed by atoms with Crippen LogP contribution in [0.25, 0.3) is 6.08 Å². The lowest BCUT2D eigenvalue weighted by atomic mass is 9.98. The van der Waals surface area contributed by atoms with Crippen molar-refractivity contribution in [2.24, 2.45) is 0 Å². The van der Waals surface area contributed by atoms with Crippen LogP contribution in [0.3, 0.4) is 0 Å². The molecule has 0 spiro atoms. The normalized spacial score (nSPS) is 16.0. The maximum atomic E-state index is 10.1. The highest BCUT2D eigenvalue weighted by Gasteiger charge is 2.10. The number of carbonyl (C=O) groups excluding carboxylic acids is 1. The van der Waals surface area contributed by atoms with E-state index in [2.05, 4.69) is 11.1 Å². The van der Waals surface area contributed by atoms with Gasteiger partial charge >= 0.3 is 0 Å². The van der Waals surface area contributed by atoms with Crippen molar-refractivity contribution >= 4 is 12.4 Å². The molecule has 13 heavy (non-hydrogen) atoms. The number of H-pyrrole nitrogens is 1. The minimum Gasteiger partial charge on any atom is -0.359 e. The summed E-state index contributed by atoms with van der Waals surface area (Å²) < 4.78 is 0. The molecule has 0 unspecified atom stereocenters. The van der Waals surface area contributed by atoms with Crippen LogP contribution in [0.15, 0.2) is 12.1 Å². The summed E-state index contributed by atoms with van der Waals surface area (Å²) in [5, 5.41) is 0. The third kappa shape index (κ3) is 1.72. The van der Waals surface area contributed by atoms with Gasteiger partial charge in [-0.25, -0.2) is 0 Å². The van der Waals surface area contributed by atoms with Crippen molar-refractivity contribution in [1.82, 2.24) is 4.98 Å². The number of carbonyl (C=O) groups is 1. The van der Waals surface area contributed by atoms with E-state index in [1.165, 1.54) is 36.6 Å². The van der Waals surface area contributed by atoms with Gasteiger partial charge in [-0.15, -0.1) is 0 Å². The summed E-state index contributed by atoms with van der Waals surface area (Å²) in [7, 11) is 0. The van der Waals surface area contributed by atoms with Crippen LogP contribution in [0.5, 0.6) is 0 Å². The molecule has 1 aliphatic rings. The van der Waals surface area contributed by atoms with Crippen LogP contribution in [-0.2, 0) is 17.6 Å². The second kappa shape index (κ2) is 3.60. The molecular weight excluding hydrogens is 162 g/mol. The van der Waals surface area contributed by atoms with E-state index < -0.39 is 0 Å². The van der Waals surface area contributed by atoms with Gasteiger partial charge in [0.25, 0.3) is 0 Å². The molecule has 0 amide bonds. The zero-order chi connectivity index (χ0) is 9.10. The van der Waals surface area contributed by atoms with E-state index in [0.29, 0.717) is 0 Å². The first kappa shape index (κ1) is 8.30. The van der Waals surface area contributed by atoms with Crippen molar-refractivity contribution in [1.29, 1.82) is 0 Å². The van der Waals surface area contributed by atoms with E-state index in [-0.39, 0.29) is 0 Å². The number of fused-ring (bicyclic) bond motifs is 1. The summed E-state index contributed by atoms with van der Waals surface area (Å²) in [6, 6.07) is 2.15. The average molecular weight is 175 g/mol. The fourth-order valence-electron chi connectivity index (χ4n) is 1.86. The van der Waals surface area contributed by atoms with Gasteiger partial charge in [-0.05, 0) is 49.5 Å². The van der Waals surface area contributed by atoms with E-state index in [1.54, 1.807) is 0 Å². The summed E-state index contributed by atoms with van der Waals surface area (Å²) in [5.74, 6) is 0. The monoisotopic (exact) mass is 175 g/mol. The fourth-order valence-corrected chi connectivity index (χ4v) is 1.86. The van der Waals surface area contributed by atoms with Gasteiger partial charge in [-0.3, -0.25) is 4.79 Å². The van der Waals surface area contributed by atoms with Gasteiger partial charge in [0.05, 0.1) is 0 Å². The standard InChI is InChI=1S/C11H13NO/c13-7-3-5-10-8-9-4-1-2-6-11(9)12-10/h3,5,7-8,12H,1-2,4,6H2/b5-3+. The summed E-state index contributed by atoms with van der Waals surface area (Å²) in [6.45, 7) is 0. The molecule has 0 atom stereocenters. The van der Waals surface area contributed by atoms with Crippen molar-refractivity contribution < 1.29 is 4.79 Å². The molecule has 0 radical (unpaired) electrons. The molecule has 1 heterocycles. The molecule has 0 aliphatic heterocycles. The second-order valence-corrected chi connectivity index (χ2v) is 3.43. The number of nitrogens with one attached hydrogen (secondary N) is 1. The van der Waals surface area contributed by atoms with Crippen molar-refractivity contribution in [3.8, 4) is 0 Å². The minimum absolute atomic E-state index is 0.805. The highest BCUT2D eigenvalue weighted by atomic mass is 16.1. The Bertz CT molecular complexity index is 312. The van der Waals surface area contributed by atoms with E-state index in [1.807, 2.05) is 6.08 Å². The van der Waals surface area contributed by atoms with E-state index in [9.17, 15) is 4.79 Å². The molecule has 2 nitrogen and oxygen atoms in total. The first-order valence-electron chi connectivity index (χ1n) is 4.73. The molecule has 1 aromatic heterocycles. The zero-order valence-electron chi connectivity index (χ0n) is 7.55. The molecule has 0 fully saturated rings.